The van der Waals surface area contributed by atoms with E-state index in [1.807, 2.05) is 18.2 Å². The quantitative estimate of drug-likeness (QED) is 0.300. The highest BCUT2D eigenvalue weighted by atomic mass is 35.5. The van der Waals surface area contributed by atoms with Crippen LogP contribution in [0.1, 0.15) is 5.69 Å². The molecule has 1 aromatic heterocycles. The number of hydrogen-bond donors (Lipinski definition) is 5. The molecule has 0 radical (unpaired) electrons. The summed E-state index contributed by atoms with van der Waals surface area (Å²) in [7, 11) is 0. The number of allylic oxidation sites excluding steroid dienone is 1. The van der Waals surface area contributed by atoms with Crippen molar-refractivity contribution in [3.63, 3.8) is 0 Å². The van der Waals surface area contributed by atoms with Crippen LogP contribution >= 0.6 is 23.2 Å². The van der Waals surface area contributed by atoms with E-state index in [1.54, 1.807) is 18.2 Å². The van der Waals surface area contributed by atoms with Crippen molar-refractivity contribution in [1.29, 1.82) is 5.41 Å². The smallest absolute Gasteiger partial charge is 0.218 e. The molecule has 2 heterocycles. The molecule has 11 heteroatoms. The van der Waals surface area contributed by atoms with Gasteiger partial charge in [0.1, 0.15) is 23.9 Å². The summed E-state index contributed by atoms with van der Waals surface area (Å²) in [6.45, 7) is 0.280. The highest BCUT2D eigenvalue weighted by Crippen LogP contribution is 2.20. The van der Waals surface area contributed by atoms with Gasteiger partial charge in [-0.15, -0.1) is 0 Å². The minimum Gasteiger partial charge on any atom is -0.439 e. The third-order valence-corrected chi connectivity index (χ3v) is 4.62. The van der Waals surface area contributed by atoms with E-state index >= 15 is 0 Å². The third-order valence-electron chi connectivity index (χ3n) is 4.08. The van der Waals surface area contributed by atoms with Crippen LogP contribution in [0.15, 0.2) is 71.2 Å². The van der Waals surface area contributed by atoms with Gasteiger partial charge in [0.2, 0.25) is 5.88 Å². The van der Waals surface area contributed by atoms with E-state index < -0.39 is 0 Å². The van der Waals surface area contributed by atoms with Crippen molar-refractivity contribution in [2.24, 2.45) is 16.6 Å². The zero-order valence-corrected chi connectivity index (χ0v) is 17.8. The Kier molecular flexibility index (Phi) is 7.58. The van der Waals surface area contributed by atoms with Crippen LogP contribution in [0.3, 0.4) is 0 Å². The number of nitrogens with two attached hydrogens (primary N) is 2. The van der Waals surface area contributed by atoms with Gasteiger partial charge in [0.15, 0.2) is 5.84 Å². The Morgan fingerprint density at radius 1 is 1.32 bits per heavy atom. The molecular weight excluding hydrogens is 441 g/mol. The first-order chi connectivity index (χ1) is 15.0. The van der Waals surface area contributed by atoms with Crippen LogP contribution in [0.5, 0.6) is 5.75 Å². The fourth-order valence-electron chi connectivity index (χ4n) is 2.69. The first kappa shape index (κ1) is 22.3. The van der Waals surface area contributed by atoms with Crippen LogP contribution in [0.2, 0.25) is 10.0 Å². The Morgan fingerprint density at radius 3 is 2.81 bits per heavy atom. The molecule has 0 saturated carbocycles. The monoisotopic (exact) mass is 461 g/mol. The number of hydrogen-bond acceptors (Lipinski definition) is 9. The molecule has 31 heavy (non-hydrogen) atoms. The number of rotatable bonds is 8. The maximum Gasteiger partial charge on any atom is 0.218 e. The number of ether oxygens (including phenoxy) is 1. The molecule has 0 saturated heterocycles. The third kappa shape index (κ3) is 6.27. The van der Waals surface area contributed by atoms with Gasteiger partial charge in [-0.1, -0.05) is 46.6 Å². The number of nitrogens with one attached hydrogen (secondary N) is 3. The Bertz CT molecular complexity index is 1030. The molecule has 1 unspecified atom stereocenters. The van der Waals surface area contributed by atoms with Gasteiger partial charge >= 0.3 is 0 Å². The number of para-hydroxylation sites is 1. The fourth-order valence-corrected chi connectivity index (χ4v) is 3.14. The highest BCUT2D eigenvalue weighted by molar-refractivity contribution is 6.34. The molecule has 1 atom stereocenters. The van der Waals surface area contributed by atoms with Crippen molar-refractivity contribution >= 4 is 35.3 Å². The predicted octanol–water partition coefficient (Wildman–Crippen LogP) is 2.48. The summed E-state index contributed by atoms with van der Waals surface area (Å²) in [5.41, 5.74) is 13.0. The van der Waals surface area contributed by atoms with Crippen LogP contribution in [0, 0.1) is 5.41 Å². The number of benzene rings is 1. The molecule has 0 aliphatic carbocycles. The summed E-state index contributed by atoms with van der Waals surface area (Å²) in [4.78, 5) is 9.67. The van der Waals surface area contributed by atoms with E-state index in [-0.39, 0.29) is 35.9 Å². The maximum absolute atomic E-state index is 7.20. The van der Waals surface area contributed by atoms with E-state index in [1.165, 1.54) is 12.3 Å². The van der Waals surface area contributed by atoms with Crippen LogP contribution in [-0.2, 0) is 11.3 Å². The number of halogens is 2. The lowest BCUT2D eigenvalue weighted by atomic mass is 10.1. The van der Waals surface area contributed by atoms with Crippen molar-refractivity contribution in [2.45, 2.75) is 12.5 Å². The summed E-state index contributed by atoms with van der Waals surface area (Å²) >= 11 is 12.2. The Hall–Kier alpha value is -3.43. The predicted molar refractivity (Wildman–Crippen MR) is 121 cm³/mol. The van der Waals surface area contributed by atoms with Crippen molar-refractivity contribution in [3.05, 3.63) is 81.8 Å². The standard InChI is InChI=1S/C20H21Cl2N7O2/c21-12-8-15(22)16(26-10-12)9-13-11-30-29-20(27-13)18(28-17(24)6-7-23)19(25)31-14-4-2-1-3-5-14/h1-8,10,13,23,28H,9,11,24-25H2,(H,27,29)/b17-6-,19-18+,23-7?. The minimum absolute atomic E-state index is 0.00526. The number of aromatic nitrogens is 1. The summed E-state index contributed by atoms with van der Waals surface area (Å²) in [5.74, 6) is 0.973. The molecule has 3 rings (SSSR count). The Morgan fingerprint density at radius 2 is 2.10 bits per heavy atom. The Balaban J connectivity index is 1.83. The van der Waals surface area contributed by atoms with Gasteiger partial charge in [0, 0.05) is 18.8 Å². The molecule has 1 aliphatic rings. The van der Waals surface area contributed by atoms with Gasteiger partial charge in [-0.25, -0.2) is 0 Å². The van der Waals surface area contributed by atoms with Crippen LogP contribution in [0.25, 0.3) is 0 Å². The number of oxime groups is 1. The van der Waals surface area contributed by atoms with Gasteiger partial charge in [-0.05, 0) is 24.3 Å². The number of amidine groups is 1. The largest absolute Gasteiger partial charge is 0.439 e. The molecular formula is C20H21Cl2N7O2. The van der Waals surface area contributed by atoms with Crippen molar-refractivity contribution in [3.8, 4) is 5.75 Å². The average molecular weight is 462 g/mol. The molecule has 0 amide bonds. The van der Waals surface area contributed by atoms with E-state index in [0.717, 1.165) is 6.21 Å². The molecule has 2 aromatic rings. The zero-order valence-electron chi connectivity index (χ0n) is 16.3. The average Bonchev–Trinajstić information content (AvgIpc) is 2.75. The van der Waals surface area contributed by atoms with Gasteiger partial charge in [0.05, 0.1) is 21.8 Å². The first-order valence-corrected chi connectivity index (χ1v) is 9.94. The number of nitrogens with zero attached hydrogens (tertiary/aromatic N) is 2. The van der Waals surface area contributed by atoms with Crippen LogP contribution < -0.4 is 26.8 Å². The second-order valence-electron chi connectivity index (χ2n) is 6.43. The lowest BCUT2D eigenvalue weighted by Gasteiger charge is -2.26. The maximum atomic E-state index is 7.20. The minimum atomic E-state index is -0.215. The topological polar surface area (TPSA) is 144 Å². The zero-order chi connectivity index (χ0) is 22.2. The normalized spacial score (nSPS) is 16.9. The van der Waals surface area contributed by atoms with Crippen molar-refractivity contribution in [1.82, 2.24) is 15.6 Å². The van der Waals surface area contributed by atoms with Crippen LogP contribution in [-0.4, -0.2) is 29.7 Å². The second kappa shape index (κ2) is 10.6. The summed E-state index contributed by atoms with van der Waals surface area (Å²) in [5, 5.41) is 18.3. The van der Waals surface area contributed by atoms with E-state index in [9.17, 15) is 0 Å². The van der Waals surface area contributed by atoms with E-state index in [4.69, 9.17) is 49.7 Å². The molecule has 7 N–H and O–H groups in total. The summed E-state index contributed by atoms with van der Waals surface area (Å²) < 4.78 is 5.73. The van der Waals surface area contributed by atoms with Gasteiger partial charge in [-0.2, -0.15) is 0 Å². The van der Waals surface area contributed by atoms with Crippen molar-refractivity contribution < 1.29 is 9.57 Å². The van der Waals surface area contributed by atoms with E-state index in [2.05, 4.69) is 20.8 Å². The molecule has 0 spiro atoms. The van der Waals surface area contributed by atoms with Crippen molar-refractivity contribution in [2.75, 3.05) is 6.61 Å². The highest BCUT2D eigenvalue weighted by Gasteiger charge is 2.24. The lowest BCUT2D eigenvalue weighted by molar-refractivity contribution is 0.108. The molecule has 1 aliphatic heterocycles. The Labute approximate surface area is 189 Å². The lowest BCUT2D eigenvalue weighted by Crippen LogP contribution is -2.47. The molecule has 162 valence electrons. The molecule has 0 fully saturated rings. The molecule has 0 bridgehead atoms. The second-order valence-corrected chi connectivity index (χ2v) is 7.27. The number of pyridine rings is 1. The van der Waals surface area contributed by atoms with Gasteiger partial charge < -0.3 is 37.1 Å². The molecule has 1 aromatic carbocycles. The van der Waals surface area contributed by atoms with Gasteiger partial charge in [0.25, 0.3) is 0 Å². The van der Waals surface area contributed by atoms with E-state index in [0.29, 0.717) is 27.9 Å². The molecule has 9 nitrogen and oxygen atoms in total. The first-order valence-electron chi connectivity index (χ1n) is 9.19. The van der Waals surface area contributed by atoms with Crippen LogP contribution in [0.4, 0.5) is 0 Å². The summed E-state index contributed by atoms with van der Waals surface area (Å²) in [6.07, 6.45) is 4.38. The van der Waals surface area contributed by atoms with Gasteiger partial charge in [-0.3, -0.25) is 4.98 Å². The summed E-state index contributed by atoms with van der Waals surface area (Å²) in [6, 6.07) is 10.4. The fraction of sp³-hybridized carbons (Fsp3) is 0.150. The SMILES string of the molecule is N=C/C=C(/N)N/C(C1=NOCC(Cc2ncc(Cl)cc2Cl)N1)=C(\N)Oc1ccccc1.